The van der Waals surface area contributed by atoms with Gasteiger partial charge in [-0.05, 0) is 5.56 Å². The van der Waals surface area contributed by atoms with Crippen LogP contribution in [0.4, 0.5) is 0 Å². The zero-order valence-corrected chi connectivity index (χ0v) is 9.45. The second-order valence-corrected chi connectivity index (χ2v) is 3.72. The Morgan fingerprint density at radius 1 is 1.15 bits per heavy atom. The van der Waals surface area contributed by atoms with E-state index in [1.54, 1.807) is 0 Å². The molecule has 3 heteroatoms. The van der Waals surface area contributed by atoms with Gasteiger partial charge in [-0.3, -0.25) is 0 Å². The molecule has 0 aliphatic carbocycles. The van der Waals surface area contributed by atoms with E-state index in [0.29, 0.717) is 13.2 Å². The number of benzene rings is 1. The van der Waals surface area contributed by atoms with Crippen molar-refractivity contribution in [3.8, 4) is 0 Å². The second-order valence-electron chi connectivity index (χ2n) is 2.74. The number of hydrogen-bond donors (Lipinski definition) is 0. The molecule has 0 atom stereocenters. The van der Waals surface area contributed by atoms with Crippen molar-refractivity contribution < 1.29 is 9.16 Å². The summed E-state index contributed by atoms with van der Waals surface area (Å²) in [6.45, 7) is 4.26. The Bertz CT molecular complexity index is 213. The molecule has 0 unspecified atom stereocenters. The lowest BCUT2D eigenvalue weighted by Crippen LogP contribution is -2.05. The van der Waals surface area contributed by atoms with E-state index < -0.39 is 0 Å². The Morgan fingerprint density at radius 3 is 2.62 bits per heavy atom. The molecule has 0 bridgehead atoms. The fourth-order valence-electron chi connectivity index (χ4n) is 1.03. The third kappa shape index (κ3) is 4.82. The summed E-state index contributed by atoms with van der Waals surface area (Å²) in [6, 6.07) is 10.2. The van der Waals surface area contributed by atoms with Crippen LogP contribution in [0.25, 0.3) is 0 Å². The van der Waals surface area contributed by atoms with Gasteiger partial charge in [0.2, 0.25) is 0 Å². The normalized spacial score (nSPS) is 11.2. The summed E-state index contributed by atoms with van der Waals surface area (Å²) >= 11 is 0. The smallest absolute Gasteiger partial charge is 0.158 e. The first kappa shape index (κ1) is 10.4. The second kappa shape index (κ2) is 6.83. The van der Waals surface area contributed by atoms with E-state index in [2.05, 4.69) is 18.7 Å². The quantitative estimate of drug-likeness (QED) is 0.505. The Balaban J connectivity index is 2.07. The summed E-state index contributed by atoms with van der Waals surface area (Å²) in [5.41, 5.74) is 1.22. The summed E-state index contributed by atoms with van der Waals surface area (Å²) in [4.78, 5) is 0. The standard InChI is InChI=1S/C10H16O2Si/c1-13-12-8-7-11-9-10-5-3-2-4-6-10/h2-6H,7-9,13H2,1H3. The Morgan fingerprint density at radius 2 is 1.92 bits per heavy atom. The third-order valence-electron chi connectivity index (χ3n) is 1.69. The first-order valence-corrected chi connectivity index (χ1v) is 6.62. The molecule has 0 saturated heterocycles. The highest BCUT2D eigenvalue weighted by atomic mass is 28.2. The molecule has 0 aliphatic rings. The van der Waals surface area contributed by atoms with Crippen LogP contribution in [0.2, 0.25) is 6.55 Å². The molecule has 0 spiro atoms. The van der Waals surface area contributed by atoms with Gasteiger partial charge in [0.25, 0.3) is 0 Å². The lowest BCUT2D eigenvalue weighted by atomic mass is 10.2. The summed E-state index contributed by atoms with van der Waals surface area (Å²) in [5, 5.41) is 0. The number of hydrogen-bond acceptors (Lipinski definition) is 2. The van der Waals surface area contributed by atoms with Gasteiger partial charge in [0.1, 0.15) is 0 Å². The van der Waals surface area contributed by atoms with Crippen LogP contribution in [0.15, 0.2) is 30.3 Å². The van der Waals surface area contributed by atoms with E-state index >= 15 is 0 Å². The van der Waals surface area contributed by atoms with Gasteiger partial charge in [-0.25, -0.2) is 0 Å². The highest BCUT2D eigenvalue weighted by Gasteiger charge is 1.90. The molecule has 0 fully saturated rings. The topological polar surface area (TPSA) is 18.5 Å². The molecule has 13 heavy (non-hydrogen) atoms. The van der Waals surface area contributed by atoms with Crippen LogP contribution in [-0.4, -0.2) is 23.0 Å². The molecule has 0 aliphatic heterocycles. The van der Waals surface area contributed by atoms with E-state index in [0.717, 1.165) is 6.61 Å². The van der Waals surface area contributed by atoms with Crippen molar-refractivity contribution in [3.05, 3.63) is 35.9 Å². The molecule has 0 radical (unpaired) electrons. The molecule has 0 amide bonds. The molecule has 72 valence electrons. The van der Waals surface area contributed by atoms with E-state index in [4.69, 9.17) is 9.16 Å². The van der Waals surface area contributed by atoms with Gasteiger partial charge in [0.05, 0.1) is 19.8 Å². The van der Waals surface area contributed by atoms with Gasteiger partial charge in [-0.1, -0.05) is 36.9 Å². The minimum atomic E-state index is -0.257. The summed E-state index contributed by atoms with van der Waals surface area (Å²) in [7, 11) is -0.257. The van der Waals surface area contributed by atoms with Crippen LogP contribution < -0.4 is 0 Å². The van der Waals surface area contributed by atoms with E-state index in [1.807, 2.05) is 18.2 Å². The predicted octanol–water partition coefficient (Wildman–Crippen LogP) is 1.35. The van der Waals surface area contributed by atoms with Crippen molar-refractivity contribution in [3.63, 3.8) is 0 Å². The zero-order valence-electron chi connectivity index (χ0n) is 8.03. The van der Waals surface area contributed by atoms with Crippen molar-refractivity contribution in [2.75, 3.05) is 13.2 Å². The first-order valence-electron chi connectivity index (χ1n) is 4.63. The van der Waals surface area contributed by atoms with Crippen LogP contribution in [0.1, 0.15) is 5.56 Å². The van der Waals surface area contributed by atoms with Crippen molar-refractivity contribution in [2.45, 2.75) is 13.2 Å². The van der Waals surface area contributed by atoms with Crippen LogP contribution in [0.5, 0.6) is 0 Å². The zero-order chi connectivity index (χ0) is 9.36. The Hall–Kier alpha value is -0.643. The van der Waals surface area contributed by atoms with E-state index in [1.165, 1.54) is 5.56 Å². The molecular weight excluding hydrogens is 180 g/mol. The van der Waals surface area contributed by atoms with Crippen molar-refractivity contribution in [1.82, 2.24) is 0 Å². The fraction of sp³-hybridized carbons (Fsp3) is 0.400. The molecule has 0 N–H and O–H groups in total. The molecule has 0 saturated carbocycles. The van der Waals surface area contributed by atoms with Crippen LogP contribution >= 0.6 is 0 Å². The van der Waals surface area contributed by atoms with E-state index in [9.17, 15) is 0 Å². The van der Waals surface area contributed by atoms with Gasteiger partial charge >= 0.3 is 0 Å². The SMILES string of the molecule is C[SiH2]OCCOCc1ccccc1. The largest absolute Gasteiger partial charge is 0.422 e. The number of ether oxygens (including phenoxy) is 1. The number of rotatable bonds is 6. The Labute approximate surface area is 81.8 Å². The van der Waals surface area contributed by atoms with Gasteiger partial charge in [-0.2, -0.15) is 0 Å². The average molecular weight is 196 g/mol. The van der Waals surface area contributed by atoms with Gasteiger partial charge in [-0.15, -0.1) is 0 Å². The monoisotopic (exact) mass is 196 g/mol. The minimum Gasteiger partial charge on any atom is -0.422 e. The van der Waals surface area contributed by atoms with Crippen LogP contribution in [0.3, 0.4) is 0 Å². The third-order valence-corrected chi connectivity index (χ3v) is 2.38. The lowest BCUT2D eigenvalue weighted by molar-refractivity contribution is 0.0905. The van der Waals surface area contributed by atoms with Gasteiger partial charge < -0.3 is 9.16 Å². The maximum absolute atomic E-state index is 5.42. The fourth-order valence-corrected chi connectivity index (χ4v) is 1.43. The highest BCUT2D eigenvalue weighted by molar-refractivity contribution is 6.24. The molecule has 0 heterocycles. The summed E-state index contributed by atoms with van der Waals surface area (Å²) < 4.78 is 10.7. The van der Waals surface area contributed by atoms with Gasteiger partial charge in [0, 0.05) is 0 Å². The summed E-state index contributed by atoms with van der Waals surface area (Å²) in [6.07, 6.45) is 0. The highest BCUT2D eigenvalue weighted by Crippen LogP contribution is 1.99. The maximum Gasteiger partial charge on any atom is 0.158 e. The van der Waals surface area contributed by atoms with Crippen molar-refractivity contribution in [2.24, 2.45) is 0 Å². The average Bonchev–Trinajstić information content (AvgIpc) is 2.19. The minimum absolute atomic E-state index is 0.257. The van der Waals surface area contributed by atoms with Crippen LogP contribution in [-0.2, 0) is 15.8 Å². The van der Waals surface area contributed by atoms with Crippen molar-refractivity contribution >= 4 is 9.76 Å². The van der Waals surface area contributed by atoms with Crippen LogP contribution in [0, 0.1) is 0 Å². The Kier molecular flexibility index (Phi) is 5.48. The first-order chi connectivity index (χ1) is 6.43. The predicted molar refractivity (Wildman–Crippen MR) is 56.5 cm³/mol. The maximum atomic E-state index is 5.42. The molecule has 0 aromatic heterocycles. The molecule has 1 aromatic carbocycles. The van der Waals surface area contributed by atoms with Gasteiger partial charge in [0.15, 0.2) is 9.76 Å². The molecule has 1 rings (SSSR count). The van der Waals surface area contributed by atoms with E-state index in [-0.39, 0.29) is 9.76 Å². The van der Waals surface area contributed by atoms with Crippen molar-refractivity contribution in [1.29, 1.82) is 0 Å². The molecular formula is C10H16O2Si. The molecule has 2 nitrogen and oxygen atoms in total. The lowest BCUT2D eigenvalue weighted by Gasteiger charge is -2.03. The summed E-state index contributed by atoms with van der Waals surface area (Å²) in [5.74, 6) is 0. The molecule has 1 aromatic rings.